The SMILES string of the molecule is CC(C)CC(=O)Nc1ccc(N(C)C)c(CN(C(=O)c2ccco2)[C@@H](C)C(C)C)c1. The van der Waals surface area contributed by atoms with E-state index in [1.807, 2.05) is 55.9 Å². The molecule has 1 atom stereocenters. The van der Waals surface area contributed by atoms with Crippen LogP contribution in [0.3, 0.4) is 0 Å². The van der Waals surface area contributed by atoms with E-state index >= 15 is 0 Å². The molecule has 0 spiro atoms. The van der Waals surface area contributed by atoms with E-state index in [-0.39, 0.29) is 23.8 Å². The normalized spacial score (nSPS) is 12.2. The highest BCUT2D eigenvalue weighted by molar-refractivity contribution is 5.92. The molecule has 2 rings (SSSR count). The maximum Gasteiger partial charge on any atom is 0.290 e. The third kappa shape index (κ3) is 6.12. The molecule has 0 saturated carbocycles. The van der Waals surface area contributed by atoms with Crippen LogP contribution in [-0.4, -0.2) is 36.9 Å². The summed E-state index contributed by atoms with van der Waals surface area (Å²) in [6.45, 7) is 10.7. The first-order chi connectivity index (χ1) is 14.1. The van der Waals surface area contributed by atoms with E-state index < -0.39 is 0 Å². The van der Waals surface area contributed by atoms with Gasteiger partial charge in [-0.15, -0.1) is 0 Å². The number of nitrogens with zero attached hydrogens (tertiary/aromatic N) is 2. The van der Waals surface area contributed by atoms with Crippen molar-refractivity contribution in [2.75, 3.05) is 24.3 Å². The first-order valence-electron chi connectivity index (χ1n) is 10.5. The van der Waals surface area contributed by atoms with Crippen molar-refractivity contribution in [3.63, 3.8) is 0 Å². The lowest BCUT2D eigenvalue weighted by Crippen LogP contribution is -2.41. The van der Waals surface area contributed by atoms with E-state index in [1.54, 1.807) is 12.1 Å². The maximum absolute atomic E-state index is 13.2. The van der Waals surface area contributed by atoms with Crippen molar-refractivity contribution in [2.24, 2.45) is 11.8 Å². The second kappa shape index (κ2) is 10.3. The van der Waals surface area contributed by atoms with E-state index in [9.17, 15) is 9.59 Å². The molecule has 30 heavy (non-hydrogen) atoms. The summed E-state index contributed by atoms with van der Waals surface area (Å²) in [5, 5.41) is 2.98. The van der Waals surface area contributed by atoms with Crippen molar-refractivity contribution >= 4 is 23.2 Å². The van der Waals surface area contributed by atoms with E-state index in [0.29, 0.717) is 24.6 Å². The van der Waals surface area contributed by atoms with E-state index in [0.717, 1.165) is 16.9 Å². The quantitative estimate of drug-likeness (QED) is 0.627. The van der Waals surface area contributed by atoms with Gasteiger partial charge in [0.05, 0.1) is 6.26 Å². The van der Waals surface area contributed by atoms with Crippen molar-refractivity contribution in [2.45, 2.75) is 53.6 Å². The van der Waals surface area contributed by atoms with Crippen LogP contribution in [-0.2, 0) is 11.3 Å². The standard InChI is InChI=1S/C24H35N3O3/c1-16(2)13-23(28)25-20-10-11-21(26(6)7)19(14-20)15-27(18(5)17(3)4)24(29)22-9-8-12-30-22/h8-12,14,16-18H,13,15H2,1-7H3,(H,25,28)/t18-/m0/s1. The molecule has 0 aliphatic carbocycles. The second-order valence-electron chi connectivity index (χ2n) is 8.78. The number of carbonyl (C=O) groups excluding carboxylic acids is 2. The monoisotopic (exact) mass is 413 g/mol. The van der Waals surface area contributed by atoms with Gasteiger partial charge < -0.3 is 19.5 Å². The van der Waals surface area contributed by atoms with Gasteiger partial charge >= 0.3 is 0 Å². The van der Waals surface area contributed by atoms with Crippen LogP contribution in [0.15, 0.2) is 41.0 Å². The Hall–Kier alpha value is -2.76. The molecular weight excluding hydrogens is 378 g/mol. The first kappa shape index (κ1) is 23.5. The number of hydrogen-bond acceptors (Lipinski definition) is 4. The van der Waals surface area contributed by atoms with Crippen LogP contribution in [0, 0.1) is 11.8 Å². The molecule has 0 aliphatic rings. The zero-order valence-corrected chi connectivity index (χ0v) is 19.2. The number of amides is 2. The first-order valence-corrected chi connectivity index (χ1v) is 10.5. The Balaban J connectivity index is 2.37. The Morgan fingerprint density at radius 2 is 1.77 bits per heavy atom. The van der Waals surface area contributed by atoms with Crippen molar-refractivity contribution in [3.8, 4) is 0 Å². The van der Waals surface area contributed by atoms with Crippen LogP contribution >= 0.6 is 0 Å². The van der Waals surface area contributed by atoms with Crippen molar-refractivity contribution in [3.05, 3.63) is 47.9 Å². The van der Waals surface area contributed by atoms with Crippen molar-refractivity contribution < 1.29 is 14.0 Å². The minimum atomic E-state index is -0.139. The van der Waals surface area contributed by atoms with Gasteiger partial charge in [-0.05, 0) is 54.7 Å². The highest BCUT2D eigenvalue weighted by Gasteiger charge is 2.27. The predicted molar refractivity (Wildman–Crippen MR) is 122 cm³/mol. The Morgan fingerprint density at radius 1 is 1.07 bits per heavy atom. The summed E-state index contributed by atoms with van der Waals surface area (Å²) in [4.78, 5) is 29.3. The summed E-state index contributed by atoms with van der Waals surface area (Å²) >= 11 is 0. The van der Waals surface area contributed by atoms with Crippen molar-refractivity contribution in [1.29, 1.82) is 0 Å². The van der Waals surface area contributed by atoms with Crippen LogP contribution in [0.5, 0.6) is 0 Å². The Kier molecular flexibility index (Phi) is 8.09. The zero-order chi connectivity index (χ0) is 22.4. The molecule has 164 valence electrons. The van der Waals surface area contributed by atoms with Gasteiger partial charge in [-0.2, -0.15) is 0 Å². The molecule has 0 unspecified atom stereocenters. The highest BCUT2D eigenvalue weighted by atomic mass is 16.3. The van der Waals surface area contributed by atoms with Crippen molar-refractivity contribution in [1.82, 2.24) is 4.90 Å². The third-order valence-electron chi connectivity index (χ3n) is 5.23. The lowest BCUT2D eigenvalue weighted by molar-refractivity contribution is -0.116. The molecular formula is C24H35N3O3. The molecule has 6 heteroatoms. The average molecular weight is 414 g/mol. The molecule has 2 amide bonds. The number of rotatable bonds is 9. The van der Waals surface area contributed by atoms with Gasteiger partial charge in [0, 0.05) is 44.5 Å². The summed E-state index contributed by atoms with van der Waals surface area (Å²) in [6, 6.07) is 9.27. The Labute approximate surface area is 180 Å². The smallest absolute Gasteiger partial charge is 0.290 e. The molecule has 1 aromatic heterocycles. The molecule has 0 fully saturated rings. The molecule has 0 radical (unpaired) electrons. The highest BCUT2D eigenvalue weighted by Crippen LogP contribution is 2.27. The average Bonchev–Trinajstić information content (AvgIpc) is 3.18. The van der Waals surface area contributed by atoms with Gasteiger partial charge in [0.2, 0.25) is 5.91 Å². The largest absolute Gasteiger partial charge is 0.459 e. The second-order valence-corrected chi connectivity index (χ2v) is 8.78. The van der Waals surface area contributed by atoms with Gasteiger partial charge in [0.15, 0.2) is 5.76 Å². The number of anilines is 2. The van der Waals surface area contributed by atoms with Crippen LogP contribution in [0.2, 0.25) is 0 Å². The number of hydrogen-bond donors (Lipinski definition) is 1. The summed E-state index contributed by atoms with van der Waals surface area (Å²) in [7, 11) is 3.95. The molecule has 1 heterocycles. The molecule has 0 saturated heterocycles. The minimum absolute atomic E-state index is 0.00683. The summed E-state index contributed by atoms with van der Waals surface area (Å²) in [6.07, 6.45) is 1.99. The lowest BCUT2D eigenvalue weighted by Gasteiger charge is -2.32. The third-order valence-corrected chi connectivity index (χ3v) is 5.23. The molecule has 1 aromatic carbocycles. The Morgan fingerprint density at radius 3 is 2.30 bits per heavy atom. The summed E-state index contributed by atoms with van der Waals surface area (Å²) in [5.41, 5.74) is 2.71. The Bertz CT molecular complexity index is 841. The van der Waals surface area contributed by atoms with E-state index in [2.05, 4.69) is 26.1 Å². The van der Waals surface area contributed by atoms with Crippen LogP contribution < -0.4 is 10.2 Å². The van der Waals surface area contributed by atoms with Crippen LogP contribution in [0.1, 0.15) is 57.2 Å². The molecule has 0 aliphatic heterocycles. The number of carbonyl (C=O) groups is 2. The number of nitrogens with one attached hydrogen (secondary N) is 1. The van der Waals surface area contributed by atoms with Crippen LogP contribution in [0.4, 0.5) is 11.4 Å². The fourth-order valence-electron chi connectivity index (χ4n) is 3.29. The maximum atomic E-state index is 13.2. The molecule has 1 N–H and O–H groups in total. The van der Waals surface area contributed by atoms with E-state index in [4.69, 9.17) is 4.42 Å². The predicted octanol–water partition coefficient (Wildman–Crippen LogP) is 5.02. The van der Waals surface area contributed by atoms with Gasteiger partial charge in [-0.1, -0.05) is 27.7 Å². The van der Waals surface area contributed by atoms with Gasteiger partial charge in [-0.3, -0.25) is 9.59 Å². The topological polar surface area (TPSA) is 65.8 Å². The minimum Gasteiger partial charge on any atom is -0.459 e. The number of furan rings is 1. The number of benzene rings is 1. The van der Waals surface area contributed by atoms with Gasteiger partial charge in [0.1, 0.15) is 0 Å². The zero-order valence-electron chi connectivity index (χ0n) is 19.2. The fourth-order valence-corrected chi connectivity index (χ4v) is 3.29. The molecule has 6 nitrogen and oxygen atoms in total. The van der Waals surface area contributed by atoms with E-state index in [1.165, 1.54) is 6.26 Å². The fraction of sp³-hybridized carbons (Fsp3) is 0.500. The molecule has 0 bridgehead atoms. The van der Waals surface area contributed by atoms with Crippen LogP contribution in [0.25, 0.3) is 0 Å². The lowest BCUT2D eigenvalue weighted by atomic mass is 10.0. The van der Waals surface area contributed by atoms with Gasteiger partial charge in [0.25, 0.3) is 5.91 Å². The summed E-state index contributed by atoms with van der Waals surface area (Å²) < 4.78 is 5.38. The molecule has 2 aromatic rings. The van der Waals surface area contributed by atoms with Gasteiger partial charge in [-0.25, -0.2) is 0 Å². The summed E-state index contributed by atoms with van der Waals surface area (Å²) in [5.74, 6) is 0.752.